The zero-order chi connectivity index (χ0) is 9.84. The predicted octanol–water partition coefficient (Wildman–Crippen LogP) is 1.23. The molecule has 2 nitrogen and oxygen atoms in total. The molecule has 0 bridgehead atoms. The summed E-state index contributed by atoms with van der Waals surface area (Å²) >= 11 is 0. The summed E-state index contributed by atoms with van der Waals surface area (Å²) in [4.78, 5) is 4.52. The van der Waals surface area contributed by atoms with Crippen molar-refractivity contribution in [3.63, 3.8) is 0 Å². The molecule has 0 aromatic carbocycles. The quantitative estimate of drug-likeness (QED) is 0.657. The Balaban J connectivity index is 2.37. The number of alkyl halides is 1. The average molecular weight is 188 g/mol. The van der Waals surface area contributed by atoms with Crippen LogP contribution in [-0.2, 0) is 0 Å². The van der Waals surface area contributed by atoms with Gasteiger partial charge < -0.3 is 9.80 Å². The Bertz CT molecular complexity index is 150. The second kappa shape index (κ2) is 4.91. The van der Waals surface area contributed by atoms with Gasteiger partial charge in [0.1, 0.15) is 6.67 Å². The summed E-state index contributed by atoms with van der Waals surface area (Å²) in [5.74, 6) is 0.662. The molecule has 1 saturated heterocycles. The van der Waals surface area contributed by atoms with Gasteiger partial charge in [-0.25, -0.2) is 4.39 Å². The van der Waals surface area contributed by atoms with Crippen LogP contribution in [0.1, 0.15) is 13.3 Å². The van der Waals surface area contributed by atoms with Crippen LogP contribution in [-0.4, -0.2) is 56.2 Å². The van der Waals surface area contributed by atoms with Crippen molar-refractivity contribution in [3.05, 3.63) is 0 Å². The van der Waals surface area contributed by atoms with E-state index in [1.165, 1.54) is 6.42 Å². The summed E-state index contributed by atoms with van der Waals surface area (Å²) in [5, 5.41) is 0. The van der Waals surface area contributed by atoms with Gasteiger partial charge in [0.2, 0.25) is 0 Å². The first-order valence-corrected chi connectivity index (χ1v) is 5.10. The standard InChI is InChI=1S/C10H21FN2/c1-9-8-13(7-5-11)6-4-10(9)12(2)3/h9-10H,4-8H2,1-3H3. The third-order valence-corrected chi connectivity index (χ3v) is 3.01. The summed E-state index contributed by atoms with van der Waals surface area (Å²) in [6, 6.07) is 0.677. The number of hydrogen-bond acceptors (Lipinski definition) is 2. The highest BCUT2D eigenvalue weighted by atomic mass is 19.1. The average Bonchev–Trinajstić information content (AvgIpc) is 2.04. The van der Waals surface area contributed by atoms with E-state index in [9.17, 15) is 4.39 Å². The normalized spacial score (nSPS) is 31.2. The molecular formula is C10H21FN2. The van der Waals surface area contributed by atoms with Crippen molar-refractivity contribution in [1.82, 2.24) is 9.80 Å². The van der Waals surface area contributed by atoms with E-state index < -0.39 is 0 Å². The summed E-state index contributed by atoms with van der Waals surface area (Å²) in [6.07, 6.45) is 1.17. The Kier molecular flexibility index (Phi) is 4.13. The fourth-order valence-corrected chi connectivity index (χ4v) is 2.31. The number of piperidine rings is 1. The summed E-state index contributed by atoms with van der Waals surface area (Å²) in [5.41, 5.74) is 0. The molecule has 0 spiro atoms. The van der Waals surface area contributed by atoms with E-state index >= 15 is 0 Å². The van der Waals surface area contributed by atoms with Crippen LogP contribution in [0, 0.1) is 5.92 Å². The Morgan fingerprint density at radius 2 is 2.15 bits per heavy atom. The monoisotopic (exact) mass is 188 g/mol. The molecule has 0 amide bonds. The van der Waals surface area contributed by atoms with Gasteiger partial charge in [-0.2, -0.15) is 0 Å². The van der Waals surface area contributed by atoms with E-state index in [-0.39, 0.29) is 6.67 Å². The number of hydrogen-bond donors (Lipinski definition) is 0. The molecule has 0 saturated carbocycles. The fourth-order valence-electron chi connectivity index (χ4n) is 2.31. The van der Waals surface area contributed by atoms with E-state index in [1.54, 1.807) is 0 Å². The number of halogens is 1. The van der Waals surface area contributed by atoms with Crippen LogP contribution in [0.3, 0.4) is 0 Å². The molecule has 1 rings (SSSR count). The first-order valence-electron chi connectivity index (χ1n) is 5.10. The molecule has 0 N–H and O–H groups in total. The highest BCUT2D eigenvalue weighted by molar-refractivity contribution is 4.82. The van der Waals surface area contributed by atoms with Gasteiger partial charge in [0.15, 0.2) is 0 Å². The maximum atomic E-state index is 12.1. The van der Waals surface area contributed by atoms with Crippen LogP contribution in [0.2, 0.25) is 0 Å². The molecule has 13 heavy (non-hydrogen) atoms. The zero-order valence-corrected chi connectivity index (χ0v) is 8.96. The van der Waals surface area contributed by atoms with Crippen LogP contribution in [0.25, 0.3) is 0 Å². The van der Waals surface area contributed by atoms with Crippen molar-refractivity contribution in [3.8, 4) is 0 Å². The SMILES string of the molecule is CC1CN(CCF)CCC1N(C)C. The third kappa shape index (κ3) is 2.92. The topological polar surface area (TPSA) is 6.48 Å². The second-order valence-corrected chi connectivity index (χ2v) is 4.29. The predicted molar refractivity (Wildman–Crippen MR) is 53.7 cm³/mol. The Morgan fingerprint density at radius 3 is 2.62 bits per heavy atom. The molecule has 78 valence electrons. The fraction of sp³-hybridized carbons (Fsp3) is 1.00. The first kappa shape index (κ1) is 10.9. The lowest BCUT2D eigenvalue weighted by Gasteiger charge is -2.39. The molecule has 1 aliphatic heterocycles. The van der Waals surface area contributed by atoms with Gasteiger partial charge in [0, 0.05) is 19.1 Å². The molecule has 0 aliphatic carbocycles. The van der Waals surface area contributed by atoms with Crippen LogP contribution in [0.5, 0.6) is 0 Å². The summed E-state index contributed by atoms with van der Waals surface area (Å²) in [6.45, 7) is 4.77. The van der Waals surface area contributed by atoms with Crippen LogP contribution in [0.15, 0.2) is 0 Å². The highest BCUT2D eigenvalue weighted by Gasteiger charge is 2.26. The Hall–Kier alpha value is -0.150. The molecule has 1 aliphatic rings. The van der Waals surface area contributed by atoms with Gasteiger partial charge in [0.05, 0.1) is 0 Å². The van der Waals surface area contributed by atoms with Gasteiger partial charge in [-0.05, 0) is 33.0 Å². The molecule has 0 aromatic heterocycles. The summed E-state index contributed by atoms with van der Waals surface area (Å²) < 4.78 is 12.1. The molecular weight excluding hydrogens is 167 g/mol. The van der Waals surface area contributed by atoms with Gasteiger partial charge >= 0.3 is 0 Å². The van der Waals surface area contributed by atoms with E-state index in [0.29, 0.717) is 18.5 Å². The first-order chi connectivity index (χ1) is 6.15. The lowest BCUT2D eigenvalue weighted by atomic mass is 9.93. The lowest BCUT2D eigenvalue weighted by Crippen LogP contribution is -2.48. The minimum Gasteiger partial charge on any atom is -0.306 e. The Labute approximate surface area is 80.7 Å². The highest BCUT2D eigenvalue weighted by Crippen LogP contribution is 2.19. The van der Waals surface area contributed by atoms with Crippen molar-refractivity contribution < 1.29 is 4.39 Å². The van der Waals surface area contributed by atoms with Crippen molar-refractivity contribution in [2.75, 3.05) is 40.4 Å². The Morgan fingerprint density at radius 1 is 1.46 bits per heavy atom. The summed E-state index contributed by atoms with van der Waals surface area (Å²) in [7, 11) is 4.26. The number of nitrogens with zero attached hydrogens (tertiary/aromatic N) is 2. The number of rotatable bonds is 3. The van der Waals surface area contributed by atoms with E-state index in [2.05, 4.69) is 30.8 Å². The molecule has 0 aromatic rings. The van der Waals surface area contributed by atoms with E-state index in [0.717, 1.165) is 13.1 Å². The number of likely N-dealkylation sites (tertiary alicyclic amines) is 1. The van der Waals surface area contributed by atoms with Crippen molar-refractivity contribution in [2.24, 2.45) is 5.92 Å². The van der Waals surface area contributed by atoms with E-state index in [4.69, 9.17) is 0 Å². The van der Waals surface area contributed by atoms with E-state index in [1.807, 2.05) is 0 Å². The molecule has 2 atom stereocenters. The molecule has 3 heteroatoms. The van der Waals surface area contributed by atoms with Crippen LogP contribution < -0.4 is 0 Å². The van der Waals surface area contributed by atoms with Gasteiger partial charge in [-0.3, -0.25) is 0 Å². The maximum Gasteiger partial charge on any atom is 0.102 e. The molecule has 0 radical (unpaired) electrons. The largest absolute Gasteiger partial charge is 0.306 e. The maximum absolute atomic E-state index is 12.1. The molecule has 1 heterocycles. The van der Waals surface area contributed by atoms with Gasteiger partial charge in [0.25, 0.3) is 0 Å². The minimum atomic E-state index is -0.209. The van der Waals surface area contributed by atoms with Gasteiger partial charge in [-0.1, -0.05) is 6.92 Å². The minimum absolute atomic E-state index is 0.209. The lowest BCUT2D eigenvalue weighted by molar-refractivity contribution is 0.0901. The molecule has 2 unspecified atom stereocenters. The van der Waals surface area contributed by atoms with Crippen LogP contribution >= 0.6 is 0 Å². The molecule has 1 fully saturated rings. The van der Waals surface area contributed by atoms with Gasteiger partial charge in [-0.15, -0.1) is 0 Å². The van der Waals surface area contributed by atoms with Crippen LogP contribution in [0.4, 0.5) is 4.39 Å². The third-order valence-electron chi connectivity index (χ3n) is 3.01. The van der Waals surface area contributed by atoms with Crippen molar-refractivity contribution >= 4 is 0 Å². The second-order valence-electron chi connectivity index (χ2n) is 4.29. The smallest absolute Gasteiger partial charge is 0.102 e. The van der Waals surface area contributed by atoms with Crippen molar-refractivity contribution in [2.45, 2.75) is 19.4 Å². The van der Waals surface area contributed by atoms with Crippen molar-refractivity contribution in [1.29, 1.82) is 0 Å². The zero-order valence-electron chi connectivity index (χ0n) is 8.96.